The molecule has 2 atom stereocenters. The second-order valence-electron chi connectivity index (χ2n) is 4.26. The van der Waals surface area contributed by atoms with Crippen LogP contribution in [0.5, 0.6) is 0 Å². The van der Waals surface area contributed by atoms with Crippen LogP contribution in [0.2, 0.25) is 0 Å². The fourth-order valence-electron chi connectivity index (χ4n) is 1.89. The van der Waals surface area contributed by atoms with Gasteiger partial charge in [-0.2, -0.15) is 0 Å². The Morgan fingerprint density at radius 1 is 1.62 bits per heavy atom. The summed E-state index contributed by atoms with van der Waals surface area (Å²) in [5, 5.41) is 19.5. The van der Waals surface area contributed by atoms with Crippen LogP contribution < -0.4 is 0 Å². The van der Waals surface area contributed by atoms with Crippen molar-refractivity contribution < 1.29 is 15.0 Å². The molecule has 16 heavy (non-hydrogen) atoms. The molecule has 4 nitrogen and oxygen atoms in total. The smallest absolute Gasteiger partial charge is 0.309 e. The normalized spacial score (nSPS) is 16.7. The van der Waals surface area contributed by atoms with Gasteiger partial charge in [0.05, 0.1) is 5.92 Å². The average Bonchev–Trinajstić information content (AvgIpc) is 2.70. The van der Waals surface area contributed by atoms with E-state index in [-0.39, 0.29) is 0 Å². The molecule has 0 aliphatic rings. The van der Waals surface area contributed by atoms with Gasteiger partial charge < -0.3 is 15.2 Å². The number of nitrogens with one attached hydrogen (secondary N) is 1. The van der Waals surface area contributed by atoms with Crippen LogP contribution in [0, 0.1) is 5.92 Å². The quantitative estimate of drug-likeness (QED) is 0.694. The second kappa shape index (κ2) is 5.16. The molecule has 0 saturated heterocycles. The zero-order valence-corrected chi connectivity index (χ0v) is 9.73. The summed E-state index contributed by atoms with van der Waals surface area (Å²) in [6, 6.07) is 3.46. The first-order valence-corrected chi connectivity index (χ1v) is 5.59. The Bertz CT molecular complexity index is 330. The van der Waals surface area contributed by atoms with Crippen molar-refractivity contribution in [3.05, 3.63) is 24.0 Å². The number of hydrogen-bond acceptors (Lipinski definition) is 2. The van der Waals surface area contributed by atoms with Crippen LogP contribution in [0.3, 0.4) is 0 Å². The summed E-state index contributed by atoms with van der Waals surface area (Å²) in [7, 11) is 0. The molecule has 90 valence electrons. The van der Waals surface area contributed by atoms with Crippen molar-refractivity contribution in [1.82, 2.24) is 4.98 Å². The molecule has 1 rings (SSSR count). The molecule has 0 bridgehead atoms. The fraction of sp³-hybridized carbons (Fsp3) is 0.583. The minimum Gasteiger partial charge on any atom is -0.481 e. The number of aromatic amines is 1. The summed E-state index contributed by atoms with van der Waals surface area (Å²) in [6.07, 6.45) is 3.89. The number of hydrogen-bond donors (Lipinski definition) is 3. The third kappa shape index (κ3) is 2.64. The summed E-state index contributed by atoms with van der Waals surface area (Å²) < 4.78 is 0. The SMILES string of the molecule is CCCCC(C(=O)O)C(C)(O)c1ccc[nH]1. The van der Waals surface area contributed by atoms with Gasteiger partial charge in [0.1, 0.15) is 5.60 Å². The number of carboxylic acid groups (broad SMARTS) is 1. The number of aliphatic carboxylic acids is 1. The van der Waals surface area contributed by atoms with E-state index in [4.69, 9.17) is 5.11 Å². The summed E-state index contributed by atoms with van der Waals surface area (Å²) in [4.78, 5) is 14.0. The van der Waals surface area contributed by atoms with Crippen LogP contribution >= 0.6 is 0 Å². The lowest BCUT2D eigenvalue weighted by molar-refractivity contribution is -0.152. The predicted molar refractivity (Wildman–Crippen MR) is 61.0 cm³/mol. The Hall–Kier alpha value is -1.29. The van der Waals surface area contributed by atoms with Crippen molar-refractivity contribution in [3.8, 4) is 0 Å². The number of aliphatic hydroxyl groups is 1. The first kappa shape index (κ1) is 12.8. The van der Waals surface area contributed by atoms with E-state index < -0.39 is 17.5 Å². The van der Waals surface area contributed by atoms with Gasteiger partial charge in [-0.25, -0.2) is 0 Å². The van der Waals surface area contributed by atoms with Gasteiger partial charge in [-0.1, -0.05) is 19.8 Å². The van der Waals surface area contributed by atoms with E-state index in [9.17, 15) is 9.90 Å². The van der Waals surface area contributed by atoms with Gasteiger partial charge in [-0.05, 0) is 25.5 Å². The van der Waals surface area contributed by atoms with Crippen molar-refractivity contribution in [3.63, 3.8) is 0 Å². The van der Waals surface area contributed by atoms with E-state index in [1.165, 1.54) is 0 Å². The third-order valence-corrected chi connectivity index (χ3v) is 2.97. The molecule has 0 aromatic carbocycles. The number of carbonyl (C=O) groups is 1. The van der Waals surface area contributed by atoms with E-state index in [0.29, 0.717) is 12.1 Å². The van der Waals surface area contributed by atoms with Gasteiger partial charge in [-0.3, -0.25) is 4.79 Å². The highest BCUT2D eigenvalue weighted by atomic mass is 16.4. The van der Waals surface area contributed by atoms with E-state index in [0.717, 1.165) is 12.8 Å². The average molecular weight is 225 g/mol. The number of rotatable bonds is 6. The monoisotopic (exact) mass is 225 g/mol. The molecule has 0 fully saturated rings. The first-order valence-electron chi connectivity index (χ1n) is 5.59. The predicted octanol–water partition coefficient (Wildman–Crippen LogP) is 2.11. The van der Waals surface area contributed by atoms with Gasteiger partial charge in [0, 0.05) is 11.9 Å². The van der Waals surface area contributed by atoms with Gasteiger partial charge >= 0.3 is 5.97 Å². The van der Waals surface area contributed by atoms with Crippen molar-refractivity contribution in [1.29, 1.82) is 0 Å². The minimum absolute atomic E-state index is 0.484. The number of unbranched alkanes of at least 4 members (excludes halogenated alkanes) is 1. The Balaban J connectivity index is 2.88. The van der Waals surface area contributed by atoms with Crippen molar-refractivity contribution in [2.24, 2.45) is 5.92 Å². The topological polar surface area (TPSA) is 73.3 Å². The highest BCUT2D eigenvalue weighted by Crippen LogP contribution is 2.31. The molecule has 4 heteroatoms. The molecule has 1 heterocycles. The summed E-state index contributed by atoms with van der Waals surface area (Å²) in [6.45, 7) is 3.55. The highest BCUT2D eigenvalue weighted by Gasteiger charge is 2.39. The Kier molecular flexibility index (Phi) is 4.12. The van der Waals surface area contributed by atoms with Crippen molar-refractivity contribution in [2.45, 2.75) is 38.7 Å². The van der Waals surface area contributed by atoms with Crippen LogP contribution in [0.4, 0.5) is 0 Å². The minimum atomic E-state index is -1.34. The van der Waals surface area contributed by atoms with Crippen LogP contribution in [0.1, 0.15) is 38.8 Å². The van der Waals surface area contributed by atoms with Gasteiger partial charge in [-0.15, -0.1) is 0 Å². The molecule has 1 aromatic rings. The van der Waals surface area contributed by atoms with Crippen LogP contribution in [0.15, 0.2) is 18.3 Å². The first-order chi connectivity index (χ1) is 7.50. The molecule has 2 unspecified atom stereocenters. The standard InChI is InChI=1S/C12H19NO3/c1-3-4-6-9(11(14)15)12(2,16)10-7-5-8-13-10/h5,7-9,13,16H,3-4,6H2,1-2H3,(H,14,15). The number of H-pyrrole nitrogens is 1. The fourth-order valence-corrected chi connectivity index (χ4v) is 1.89. The zero-order chi connectivity index (χ0) is 12.2. The number of aromatic nitrogens is 1. The van der Waals surface area contributed by atoms with E-state index in [2.05, 4.69) is 4.98 Å². The molecule has 0 aliphatic carbocycles. The molecule has 0 saturated carbocycles. The van der Waals surface area contributed by atoms with E-state index in [1.54, 1.807) is 25.3 Å². The van der Waals surface area contributed by atoms with Crippen molar-refractivity contribution >= 4 is 5.97 Å². The summed E-state index contributed by atoms with van der Waals surface area (Å²) >= 11 is 0. The molecule has 0 amide bonds. The van der Waals surface area contributed by atoms with Gasteiger partial charge in [0.15, 0.2) is 0 Å². The zero-order valence-electron chi connectivity index (χ0n) is 9.73. The maximum Gasteiger partial charge on any atom is 0.309 e. The van der Waals surface area contributed by atoms with Crippen LogP contribution in [0.25, 0.3) is 0 Å². The molecule has 0 aliphatic heterocycles. The lowest BCUT2D eigenvalue weighted by Gasteiger charge is -2.29. The molecule has 3 N–H and O–H groups in total. The lowest BCUT2D eigenvalue weighted by atomic mass is 9.83. The maximum atomic E-state index is 11.2. The maximum absolute atomic E-state index is 11.2. The van der Waals surface area contributed by atoms with Crippen molar-refractivity contribution in [2.75, 3.05) is 0 Å². The molecular weight excluding hydrogens is 206 g/mol. The largest absolute Gasteiger partial charge is 0.481 e. The molecule has 1 aromatic heterocycles. The Morgan fingerprint density at radius 2 is 2.31 bits per heavy atom. The van der Waals surface area contributed by atoms with Gasteiger partial charge in [0.25, 0.3) is 0 Å². The molecule has 0 spiro atoms. The van der Waals surface area contributed by atoms with E-state index >= 15 is 0 Å². The number of carboxylic acids is 1. The lowest BCUT2D eigenvalue weighted by Crippen LogP contribution is -2.37. The second-order valence-corrected chi connectivity index (χ2v) is 4.26. The molecule has 0 radical (unpaired) electrons. The summed E-state index contributed by atoms with van der Waals surface area (Å²) in [5.41, 5.74) is -0.791. The van der Waals surface area contributed by atoms with E-state index in [1.807, 2.05) is 6.92 Å². The van der Waals surface area contributed by atoms with Crippen LogP contribution in [-0.4, -0.2) is 21.2 Å². The highest BCUT2D eigenvalue weighted by molar-refractivity contribution is 5.71. The Labute approximate surface area is 95.3 Å². The Morgan fingerprint density at radius 3 is 2.75 bits per heavy atom. The summed E-state index contributed by atoms with van der Waals surface area (Å²) in [5.74, 6) is -1.72. The molecular formula is C12H19NO3. The van der Waals surface area contributed by atoms with Crippen LogP contribution in [-0.2, 0) is 10.4 Å². The van der Waals surface area contributed by atoms with Gasteiger partial charge in [0.2, 0.25) is 0 Å². The third-order valence-electron chi connectivity index (χ3n) is 2.97.